The topological polar surface area (TPSA) is 75.8 Å². The van der Waals surface area contributed by atoms with Gasteiger partial charge in [-0.15, -0.1) is 0 Å². The summed E-state index contributed by atoms with van der Waals surface area (Å²) < 4.78 is 42.9. The summed E-state index contributed by atoms with van der Waals surface area (Å²) in [6.45, 7) is -0.144. The molecule has 0 heterocycles. The number of alkyl halides is 3. The molecule has 0 bridgehead atoms. The Hall–Kier alpha value is -2.58. The molecule has 1 amide bonds. The fraction of sp³-hybridized carbons (Fsp3) is 0.350. The van der Waals surface area contributed by atoms with Gasteiger partial charge in [0, 0.05) is 26.1 Å². The molecule has 2 aromatic carbocycles. The molecule has 0 aromatic heterocycles. The van der Waals surface area contributed by atoms with Gasteiger partial charge in [0.2, 0.25) is 5.91 Å². The van der Waals surface area contributed by atoms with E-state index in [1.54, 1.807) is 7.05 Å². The minimum absolute atomic E-state index is 0.0149. The summed E-state index contributed by atoms with van der Waals surface area (Å²) in [7, 11) is 1.54. The Balaban J connectivity index is 1.78. The Morgan fingerprint density at radius 1 is 1.14 bits per heavy atom. The van der Waals surface area contributed by atoms with E-state index in [-0.39, 0.29) is 31.2 Å². The summed E-state index contributed by atoms with van der Waals surface area (Å²) in [5.41, 5.74) is 6.09. The lowest BCUT2D eigenvalue weighted by Crippen LogP contribution is -2.38. The van der Waals surface area contributed by atoms with Gasteiger partial charge in [-0.3, -0.25) is 4.79 Å². The van der Waals surface area contributed by atoms with Crippen LogP contribution in [0.3, 0.4) is 0 Å². The molecule has 8 heteroatoms. The zero-order chi connectivity index (χ0) is 20.7. The lowest BCUT2D eigenvalue weighted by Gasteiger charge is -2.23. The van der Waals surface area contributed by atoms with Crippen molar-refractivity contribution in [1.29, 1.82) is 0 Å². The number of benzene rings is 2. The predicted octanol–water partition coefficient (Wildman–Crippen LogP) is 2.99. The quantitative estimate of drug-likeness (QED) is 0.719. The molecule has 0 saturated carbocycles. The van der Waals surface area contributed by atoms with Crippen molar-refractivity contribution in [3.8, 4) is 5.75 Å². The van der Waals surface area contributed by atoms with E-state index in [0.29, 0.717) is 0 Å². The lowest BCUT2D eigenvalue weighted by atomic mass is 10.0. The van der Waals surface area contributed by atoms with Crippen LogP contribution in [-0.2, 0) is 11.0 Å². The Bertz CT molecular complexity index is 752. The molecule has 0 aliphatic rings. The highest BCUT2D eigenvalue weighted by molar-refractivity contribution is 5.76. The summed E-state index contributed by atoms with van der Waals surface area (Å²) in [6, 6.07) is 12.9. The van der Waals surface area contributed by atoms with Crippen LogP contribution in [0.25, 0.3) is 0 Å². The normalized spacial score (nSPS) is 13.6. The molecule has 2 rings (SSSR count). The minimum Gasteiger partial charge on any atom is -0.491 e. The van der Waals surface area contributed by atoms with Gasteiger partial charge in [-0.25, -0.2) is 0 Å². The maximum Gasteiger partial charge on any atom is 0.416 e. The Labute approximate surface area is 161 Å². The molecule has 2 atom stereocenters. The van der Waals surface area contributed by atoms with E-state index in [4.69, 9.17) is 10.5 Å². The molecule has 2 aromatic rings. The summed E-state index contributed by atoms with van der Waals surface area (Å²) in [6.07, 6.45) is -5.32. The van der Waals surface area contributed by atoms with Gasteiger partial charge < -0.3 is 20.5 Å². The highest BCUT2D eigenvalue weighted by Gasteiger charge is 2.30. The lowest BCUT2D eigenvalue weighted by molar-refractivity contribution is -0.137. The van der Waals surface area contributed by atoms with Gasteiger partial charge in [-0.2, -0.15) is 13.2 Å². The van der Waals surface area contributed by atoms with Crippen molar-refractivity contribution in [1.82, 2.24) is 4.90 Å². The summed E-state index contributed by atoms with van der Waals surface area (Å²) in [5, 5.41) is 10.0. The number of amides is 1. The number of aliphatic hydroxyl groups excluding tert-OH is 1. The first-order chi connectivity index (χ1) is 13.2. The van der Waals surface area contributed by atoms with Gasteiger partial charge in [0.05, 0.1) is 5.56 Å². The average molecular weight is 396 g/mol. The Morgan fingerprint density at radius 3 is 2.32 bits per heavy atom. The monoisotopic (exact) mass is 396 g/mol. The van der Waals surface area contributed by atoms with Gasteiger partial charge in [-0.05, 0) is 29.8 Å². The van der Waals surface area contributed by atoms with Crippen LogP contribution in [0, 0.1) is 0 Å². The highest BCUT2D eigenvalue weighted by Crippen LogP contribution is 2.30. The number of halogens is 3. The third kappa shape index (κ3) is 6.54. The maximum atomic E-state index is 12.5. The molecule has 0 saturated heterocycles. The number of likely N-dealkylation sites (N-methyl/N-ethyl adjacent to an activating group) is 1. The molecule has 3 N–H and O–H groups in total. The van der Waals surface area contributed by atoms with Crippen molar-refractivity contribution in [2.24, 2.45) is 5.73 Å². The second-order valence-electron chi connectivity index (χ2n) is 6.48. The Kier molecular flexibility index (Phi) is 7.42. The SMILES string of the molecule is CN(CC(O)COc1ccc(C(F)(F)F)cc1)C(=O)CC(N)c1ccccc1. The van der Waals surface area contributed by atoms with Gasteiger partial charge in [-0.1, -0.05) is 30.3 Å². The average Bonchev–Trinajstić information content (AvgIpc) is 2.66. The second-order valence-corrected chi connectivity index (χ2v) is 6.48. The molecular weight excluding hydrogens is 373 g/mol. The number of hydrogen-bond acceptors (Lipinski definition) is 4. The summed E-state index contributed by atoms with van der Waals surface area (Å²) in [4.78, 5) is 13.6. The van der Waals surface area contributed by atoms with Crippen LogP contribution in [0.5, 0.6) is 5.75 Å². The molecule has 28 heavy (non-hydrogen) atoms. The fourth-order valence-corrected chi connectivity index (χ4v) is 2.57. The molecule has 5 nitrogen and oxygen atoms in total. The van der Waals surface area contributed by atoms with Crippen LogP contribution in [0.2, 0.25) is 0 Å². The van der Waals surface area contributed by atoms with E-state index in [2.05, 4.69) is 0 Å². The van der Waals surface area contributed by atoms with Crippen molar-refractivity contribution in [2.75, 3.05) is 20.2 Å². The smallest absolute Gasteiger partial charge is 0.416 e. The second kappa shape index (κ2) is 9.57. The van der Waals surface area contributed by atoms with Crippen LogP contribution in [0.1, 0.15) is 23.6 Å². The zero-order valence-corrected chi connectivity index (χ0v) is 15.4. The number of aliphatic hydroxyl groups is 1. The van der Waals surface area contributed by atoms with Crippen LogP contribution >= 0.6 is 0 Å². The molecule has 152 valence electrons. The van der Waals surface area contributed by atoms with Crippen LogP contribution in [0.15, 0.2) is 54.6 Å². The fourth-order valence-electron chi connectivity index (χ4n) is 2.57. The van der Waals surface area contributed by atoms with E-state index in [0.717, 1.165) is 17.7 Å². The molecule has 0 fully saturated rings. The third-order valence-corrected chi connectivity index (χ3v) is 4.16. The third-order valence-electron chi connectivity index (χ3n) is 4.16. The van der Waals surface area contributed by atoms with E-state index >= 15 is 0 Å². The zero-order valence-electron chi connectivity index (χ0n) is 15.4. The first-order valence-corrected chi connectivity index (χ1v) is 8.69. The van der Waals surface area contributed by atoms with Crippen LogP contribution in [-0.4, -0.2) is 42.2 Å². The number of hydrogen-bond donors (Lipinski definition) is 2. The highest BCUT2D eigenvalue weighted by atomic mass is 19.4. The summed E-state index contributed by atoms with van der Waals surface area (Å²) in [5.74, 6) is -0.0305. The predicted molar refractivity (Wildman–Crippen MR) is 98.6 cm³/mol. The van der Waals surface area contributed by atoms with Crippen molar-refractivity contribution in [3.05, 3.63) is 65.7 Å². The molecular formula is C20H23F3N2O3. The van der Waals surface area contributed by atoms with Crippen LogP contribution in [0.4, 0.5) is 13.2 Å². The van der Waals surface area contributed by atoms with Crippen molar-refractivity contribution >= 4 is 5.91 Å². The van der Waals surface area contributed by atoms with Crippen molar-refractivity contribution in [3.63, 3.8) is 0 Å². The molecule has 2 unspecified atom stereocenters. The number of ether oxygens (including phenoxy) is 1. The largest absolute Gasteiger partial charge is 0.491 e. The standard InChI is InChI=1S/C20H23F3N2O3/c1-25(19(27)11-18(24)14-5-3-2-4-6-14)12-16(26)13-28-17-9-7-15(8-10-17)20(21,22)23/h2-10,16,18,26H,11-13,24H2,1H3. The van der Waals surface area contributed by atoms with Gasteiger partial charge in [0.1, 0.15) is 18.5 Å². The number of carbonyl (C=O) groups is 1. The molecule has 0 radical (unpaired) electrons. The van der Waals surface area contributed by atoms with E-state index in [1.165, 1.54) is 17.0 Å². The summed E-state index contributed by atoms with van der Waals surface area (Å²) >= 11 is 0. The number of nitrogens with two attached hydrogens (primary N) is 1. The first kappa shape index (κ1) is 21.7. The molecule has 0 spiro atoms. The Morgan fingerprint density at radius 2 is 1.75 bits per heavy atom. The van der Waals surface area contributed by atoms with E-state index in [9.17, 15) is 23.1 Å². The van der Waals surface area contributed by atoms with Crippen molar-refractivity contribution < 1.29 is 27.8 Å². The molecule has 0 aliphatic heterocycles. The van der Waals surface area contributed by atoms with Gasteiger partial charge in [0.15, 0.2) is 0 Å². The van der Waals surface area contributed by atoms with Crippen molar-refractivity contribution in [2.45, 2.75) is 24.7 Å². The number of carbonyl (C=O) groups excluding carboxylic acids is 1. The van der Waals surface area contributed by atoms with Crippen LogP contribution < -0.4 is 10.5 Å². The first-order valence-electron chi connectivity index (χ1n) is 8.69. The minimum atomic E-state index is -4.41. The van der Waals surface area contributed by atoms with Gasteiger partial charge in [0.25, 0.3) is 0 Å². The number of rotatable bonds is 8. The van der Waals surface area contributed by atoms with E-state index < -0.39 is 23.9 Å². The molecule has 0 aliphatic carbocycles. The van der Waals surface area contributed by atoms with E-state index in [1.807, 2.05) is 30.3 Å². The van der Waals surface area contributed by atoms with Gasteiger partial charge >= 0.3 is 6.18 Å². The maximum absolute atomic E-state index is 12.5. The number of nitrogens with zero attached hydrogens (tertiary/aromatic N) is 1.